The van der Waals surface area contributed by atoms with Gasteiger partial charge in [0.25, 0.3) is 0 Å². The third kappa shape index (κ3) is 5.02. The van der Waals surface area contributed by atoms with Gasteiger partial charge in [-0.3, -0.25) is 14.4 Å². The van der Waals surface area contributed by atoms with Gasteiger partial charge in [-0.2, -0.15) is 18.3 Å². The van der Waals surface area contributed by atoms with Gasteiger partial charge in [0, 0.05) is 37.7 Å². The van der Waals surface area contributed by atoms with Gasteiger partial charge in [-0.25, -0.2) is 4.39 Å². The third-order valence-electron chi connectivity index (χ3n) is 4.82. The first-order valence-corrected chi connectivity index (χ1v) is 9.56. The molecule has 1 aliphatic rings. The molecule has 1 amide bonds. The van der Waals surface area contributed by atoms with E-state index in [1.807, 2.05) is 0 Å². The molecule has 0 saturated carbocycles. The van der Waals surface area contributed by atoms with Gasteiger partial charge in [0.15, 0.2) is 5.69 Å². The van der Waals surface area contributed by atoms with Crippen LogP contribution >= 0.6 is 23.2 Å². The molecule has 0 spiro atoms. The van der Waals surface area contributed by atoms with Crippen LogP contribution in [0.3, 0.4) is 0 Å². The first-order valence-electron chi connectivity index (χ1n) is 8.80. The van der Waals surface area contributed by atoms with Crippen molar-refractivity contribution in [1.82, 2.24) is 19.6 Å². The largest absolute Gasteiger partial charge is 0.436 e. The number of hydrogen-bond acceptors (Lipinski definition) is 3. The summed E-state index contributed by atoms with van der Waals surface area (Å²) >= 11 is 11.8. The maximum atomic E-state index is 13.1. The van der Waals surface area contributed by atoms with E-state index in [1.54, 1.807) is 11.0 Å². The summed E-state index contributed by atoms with van der Waals surface area (Å²) < 4.78 is 52.9. The highest BCUT2D eigenvalue weighted by atomic mass is 35.5. The number of rotatable bonds is 4. The normalized spacial score (nSPS) is 15.8. The van der Waals surface area contributed by atoms with Crippen LogP contribution in [0, 0.1) is 12.7 Å². The van der Waals surface area contributed by atoms with Crippen LogP contribution in [0.5, 0.6) is 0 Å². The number of carbonyl (C=O) groups excluding carboxylic acids is 1. The van der Waals surface area contributed by atoms with E-state index in [9.17, 15) is 22.4 Å². The number of aromatic nitrogens is 2. The van der Waals surface area contributed by atoms with Crippen molar-refractivity contribution in [2.45, 2.75) is 26.2 Å². The maximum Gasteiger partial charge on any atom is 0.436 e. The second-order valence-corrected chi connectivity index (χ2v) is 7.58. The predicted molar refractivity (Wildman–Crippen MR) is 100 cm³/mol. The number of nitrogens with zero attached hydrogens (tertiary/aromatic N) is 4. The van der Waals surface area contributed by atoms with E-state index < -0.39 is 22.7 Å². The predicted octanol–water partition coefficient (Wildman–Crippen LogP) is 4.00. The van der Waals surface area contributed by atoms with Crippen molar-refractivity contribution in [3.63, 3.8) is 0 Å². The van der Waals surface area contributed by atoms with Crippen LogP contribution in [-0.4, -0.2) is 51.7 Å². The van der Waals surface area contributed by atoms with Gasteiger partial charge in [-0.15, -0.1) is 0 Å². The van der Waals surface area contributed by atoms with Crippen LogP contribution in [-0.2, 0) is 24.1 Å². The van der Waals surface area contributed by atoms with Crippen molar-refractivity contribution in [3.05, 3.63) is 51.0 Å². The maximum absolute atomic E-state index is 13.1. The molecule has 0 aliphatic carbocycles. The summed E-state index contributed by atoms with van der Waals surface area (Å²) in [6.45, 7) is 3.55. The zero-order chi connectivity index (χ0) is 21.3. The SMILES string of the molecule is Cc1c(Cl)c(C(F)(F)F)nn1CC(=O)N1CCN(Cc2ccc(F)cc2Cl)CC1. The standard InChI is InChI=1S/C18H18Cl2F4N4O/c1-11-16(20)17(18(22,23)24)25-28(11)10-15(29)27-6-4-26(5-7-27)9-12-2-3-13(21)8-14(12)19/h2-3,8H,4-7,9-10H2,1H3. The second kappa shape index (κ2) is 8.49. The Labute approximate surface area is 174 Å². The van der Waals surface area contributed by atoms with E-state index in [0.29, 0.717) is 37.7 Å². The lowest BCUT2D eigenvalue weighted by Gasteiger charge is -2.35. The summed E-state index contributed by atoms with van der Waals surface area (Å²) in [4.78, 5) is 16.2. The van der Waals surface area contributed by atoms with Crippen LogP contribution in [0.25, 0.3) is 0 Å². The second-order valence-electron chi connectivity index (χ2n) is 6.80. The van der Waals surface area contributed by atoms with E-state index in [-0.39, 0.29) is 18.1 Å². The van der Waals surface area contributed by atoms with Crippen molar-refractivity contribution in [2.24, 2.45) is 0 Å². The van der Waals surface area contributed by atoms with Crippen molar-refractivity contribution in [3.8, 4) is 0 Å². The number of carbonyl (C=O) groups is 1. The van der Waals surface area contributed by atoms with Gasteiger partial charge in [0.2, 0.25) is 5.91 Å². The molecule has 0 bridgehead atoms. The third-order valence-corrected chi connectivity index (χ3v) is 5.63. The Morgan fingerprint density at radius 1 is 1.17 bits per heavy atom. The number of halogens is 6. The van der Waals surface area contributed by atoms with E-state index in [2.05, 4.69) is 10.00 Å². The molecule has 29 heavy (non-hydrogen) atoms. The van der Waals surface area contributed by atoms with E-state index in [1.165, 1.54) is 19.1 Å². The Morgan fingerprint density at radius 2 is 1.83 bits per heavy atom. The molecule has 1 aromatic heterocycles. The van der Waals surface area contributed by atoms with Crippen LogP contribution in [0.15, 0.2) is 18.2 Å². The minimum Gasteiger partial charge on any atom is -0.339 e. The Kier molecular flexibility index (Phi) is 6.40. The summed E-state index contributed by atoms with van der Waals surface area (Å²) in [6, 6.07) is 4.22. The molecule has 158 valence electrons. The average Bonchev–Trinajstić information content (AvgIpc) is 2.93. The van der Waals surface area contributed by atoms with Gasteiger partial charge >= 0.3 is 6.18 Å². The van der Waals surface area contributed by atoms with Crippen molar-refractivity contribution < 1.29 is 22.4 Å². The summed E-state index contributed by atoms with van der Waals surface area (Å²) in [5.41, 5.74) is -0.309. The molecular formula is C18H18Cl2F4N4O. The molecule has 1 aromatic carbocycles. The lowest BCUT2D eigenvalue weighted by Crippen LogP contribution is -2.49. The number of hydrogen-bond donors (Lipinski definition) is 0. The summed E-state index contributed by atoms with van der Waals surface area (Å²) in [6.07, 6.45) is -4.68. The average molecular weight is 453 g/mol. The van der Waals surface area contributed by atoms with Gasteiger partial charge in [-0.05, 0) is 24.6 Å². The number of piperazine rings is 1. The van der Waals surface area contributed by atoms with Gasteiger partial charge < -0.3 is 4.90 Å². The number of amides is 1. The minimum absolute atomic E-state index is 0.0944. The molecule has 1 aliphatic heterocycles. The molecule has 0 N–H and O–H groups in total. The highest BCUT2D eigenvalue weighted by molar-refractivity contribution is 6.32. The summed E-state index contributed by atoms with van der Waals surface area (Å²) in [5, 5.41) is 3.31. The number of alkyl halides is 3. The van der Waals surface area contributed by atoms with Gasteiger partial charge in [-0.1, -0.05) is 29.3 Å². The van der Waals surface area contributed by atoms with E-state index in [0.717, 1.165) is 10.2 Å². The Bertz CT molecular complexity index is 908. The van der Waals surface area contributed by atoms with E-state index >= 15 is 0 Å². The molecule has 0 unspecified atom stereocenters. The quantitative estimate of drug-likeness (QED) is 0.658. The monoisotopic (exact) mass is 452 g/mol. The summed E-state index contributed by atoms with van der Waals surface area (Å²) in [7, 11) is 0. The first-order chi connectivity index (χ1) is 13.6. The minimum atomic E-state index is -4.68. The fourth-order valence-electron chi connectivity index (χ4n) is 3.13. The van der Waals surface area contributed by atoms with Crippen molar-refractivity contribution >= 4 is 29.1 Å². The molecule has 2 aromatic rings. The molecule has 0 radical (unpaired) electrons. The first kappa shape index (κ1) is 21.9. The Balaban J connectivity index is 1.58. The highest BCUT2D eigenvalue weighted by Crippen LogP contribution is 2.35. The number of benzene rings is 1. The fraction of sp³-hybridized carbons (Fsp3) is 0.444. The fourth-order valence-corrected chi connectivity index (χ4v) is 3.60. The molecule has 11 heteroatoms. The topological polar surface area (TPSA) is 41.4 Å². The van der Waals surface area contributed by atoms with Crippen LogP contribution in [0.4, 0.5) is 17.6 Å². The highest BCUT2D eigenvalue weighted by Gasteiger charge is 2.38. The zero-order valence-electron chi connectivity index (χ0n) is 15.4. The lowest BCUT2D eigenvalue weighted by molar-refractivity contribution is -0.142. The molecule has 3 rings (SSSR count). The zero-order valence-corrected chi connectivity index (χ0v) is 17.0. The van der Waals surface area contributed by atoms with Gasteiger partial charge in [0.05, 0.1) is 10.7 Å². The Hall–Kier alpha value is -1.84. The summed E-state index contributed by atoms with van der Waals surface area (Å²) in [5.74, 6) is -0.739. The van der Waals surface area contributed by atoms with Crippen molar-refractivity contribution in [2.75, 3.05) is 26.2 Å². The van der Waals surface area contributed by atoms with E-state index in [4.69, 9.17) is 23.2 Å². The van der Waals surface area contributed by atoms with Gasteiger partial charge in [0.1, 0.15) is 12.4 Å². The van der Waals surface area contributed by atoms with Crippen LogP contribution in [0.2, 0.25) is 10.0 Å². The molecule has 1 fully saturated rings. The van der Waals surface area contributed by atoms with Crippen LogP contribution < -0.4 is 0 Å². The molecule has 5 nitrogen and oxygen atoms in total. The van der Waals surface area contributed by atoms with Crippen LogP contribution in [0.1, 0.15) is 17.0 Å². The van der Waals surface area contributed by atoms with Crippen molar-refractivity contribution in [1.29, 1.82) is 0 Å². The molecular weight excluding hydrogens is 435 g/mol. The molecule has 1 saturated heterocycles. The smallest absolute Gasteiger partial charge is 0.339 e. The lowest BCUT2D eigenvalue weighted by atomic mass is 10.2. The molecule has 2 heterocycles. The molecule has 0 atom stereocenters. The Morgan fingerprint density at radius 3 is 2.38 bits per heavy atom.